The van der Waals surface area contributed by atoms with Crippen LogP contribution in [0.15, 0.2) is 42.5 Å². The van der Waals surface area contributed by atoms with Crippen molar-refractivity contribution < 1.29 is 27.5 Å². The molecule has 3 rings (SSSR count). The Morgan fingerprint density at radius 2 is 1.76 bits per heavy atom. The highest BCUT2D eigenvalue weighted by atomic mass is 32.2. The summed E-state index contributed by atoms with van der Waals surface area (Å²) in [6.45, 7) is 8.82. The van der Waals surface area contributed by atoms with Gasteiger partial charge in [0.2, 0.25) is 15.9 Å². The maximum absolute atomic E-state index is 13.6. The van der Waals surface area contributed by atoms with E-state index in [4.69, 9.17) is 4.74 Å². The second-order valence-electron chi connectivity index (χ2n) is 11.2. The highest BCUT2D eigenvalue weighted by Crippen LogP contribution is 2.22. The van der Waals surface area contributed by atoms with Gasteiger partial charge >= 0.3 is 0 Å². The fraction of sp³-hybridized carbons (Fsp3) is 0.500. The molecule has 11 nitrogen and oxygen atoms in total. The number of sulfonamides is 1. The lowest BCUT2D eigenvalue weighted by Crippen LogP contribution is -2.50. The molecule has 0 saturated heterocycles. The third kappa shape index (κ3) is 9.45. The van der Waals surface area contributed by atoms with E-state index >= 15 is 0 Å². The summed E-state index contributed by atoms with van der Waals surface area (Å²) in [5, 5.41) is 12.1. The Hall–Kier alpha value is -3.64. The van der Waals surface area contributed by atoms with Gasteiger partial charge in [-0.25, -0.2) is 8.42 Å². The molecule has 0 radical (unpaired) electrons. The number of nitrogens with zero attached hydrogens (tertiary/aromatic N) is 1. The summed E-state index contributed by atoms with van der Waals surface area (Å²) in [5.74, 6) is -0.113. The van der Waals surface area contributed by atoms with Crippen molar-refractivity contribution >= 4 is 33.4 Å². The average molecular weight is 602 g/mol. The summed E-state index contributed by atoms with van der Waals surface area (Å²) in [6, 6.07) is 10.6. The molecule has 0 aliphatic carbocycles. The second kappa shape index (κ2) is 14.5. The van der Waals surface area contributed by atoms with Crippen LogP contribution in [0.3, 0.4) is 0 Å². The number of carbonyl (C=O) groups is 3. The molecule has 2 aromatic rings. The van der Waals surface area contributed by atoms with Gasteiger partial charge in [-0.05, 0) is 61.6 Å². The zero-order chi connectivity index (χ0) is 31.0. The molecular formula is C30H43N5O6S. The third-order valence-electron chi connectivity index (χ3n) is 6.92. The molecule has 12 heteroatoms. The van der Waals surface area contributed by atoms with E-state index in [1.165, 1.54) is 25.2 Å². The number of ether oxygens (including phenoxy) is 1. The van der Waals surface area contributed by atoms with Crippen molar-refractivity contribution in [3.05, 3.63) is 59.2 Å². The summed E-state index contributed by atoms with van der Waals surface area (Å²) < 4.78 is 31.6. The lowest BCUT2D eigenvalue weighted by atomic mass is 10.0. The number of nitrogens with one attached hydrogen (secondary N) is 4. The number of hydrogen-bond donors (Lipinski definition) is 4. The second-order valence-corrected chi connectivity index (χ2v) is 13.2. The monoisotopic (exact) mass is 601 g/mol. The molecule has 42 heavy (non-hydrogen) atoms. The van der Waals surface area contributed by atoms with Crippen LogP contribution >= 0.6 is 0 Å². The van der Waals surface area contributed by atoms with Gasteiger partial charge in [0.15, 0.2) is 0 Å². The van der Waals surface area contributed by atoms with Crippen molar-refractivity contribution in [2.45, 2.75) is 58.7 Å². The van der Waals surface area contributed by atoms with Crippen LogP contribution < -0.4 is 30.3 Å². The number of anilines is 1. The Kier molecular flexibility index (Phi) is 11.3. The summed E-state index contributed by atoms with van der Waals surface area (Å²) in [7, 11) is -2.30. The first-order chi connectivity index (χ1) is 19.8. The average Bonchev–Trinajstić information content (AvgIpc) is 2.93. The lowest BCUT2D eigenvalue weighted by Gasteiger charge is -2.24. The van der Waals surface area contributed by atoms with Crippen molar-refractivity contribution in [1.82, 2.24) is 21.3 Å². The number of rotatable bonds is 9. The normalized spacial score (nSPS) is 18.5. The van der Waals surface area contributed by atoms with Crippen LogP contribution in [0.2, 0.25) is 0 Å². The molecule has 0 saturated carbocycles. The minimum atomic E-state index is -3.66. The van der Waals surface area contributed by atoms with Gasteiger partial charge in [0.05, 0.1) is 24.0 Å². The van der Waals surface area contributed by atoms with E-state index in [2.05, 4.69) is 21.3 Å². The Bertz CT molecular complexity index is 1380. The van der Waals surface area contributed by atoms with E-state index in [1.54, 1.807) is 6.92 Å². The van der Waals surface area contributed by atoms with Crippen LogP contribution in [0.5, 0.6) is 5.75 Å². The van der Waals surface area contributed by atoms with Crippen LogP contribution in [-0.2, 0) is 21.2 Å². The van der Waals surface area contributed by atoms with Crippen LogP contribution in [0.4, 0.5) is 5.69 Å². The van der Waals surface area contributed by atoms with Crippen molar-refractivity contribution in [3.8, 4) is 5.75 Å². The lowest BCUT2D eigenvalue weighted by molar-refractivity contribution is -0.123. The van der Waals surface area contributed by atoms with E-state index < -0.39 is 33.9 Å². The maximum atomic E-state index is 13.6. The van der Waals surface area contributed by atoms with Gasteiger partial charge in [-0.2, -0.15) is 0 Å². The molecule has 1 aliphatic heterocycles. The Balaban J connectivity index is 1.98. The summed E-state index contributed by atoms with van der Waals surface area (Å²) in [4.78, 5) is 39.5. The van der Waals surface area contributed by atoms with E-state index in [0.29, 0.717) is 31.1 Å². The molecule has 2 unspecified atom stereocenters. The zero-order valence-electron chi connectivity index (χ0n) is 25.2. The molecule has 3 atom stereocenters. The highest BCUT2D eigenvalue weighted by molar-refractivity contribution is 7.92. The molecule has 2 aromatic carbocycles. The molecule has 0 spiro atoms. The van der Waals surface area contributed by atoms with Gasteiger partial charge in [0.1, 0.15) is 12.4 Å². The van der Waals surface area contributed by atoms with Crippen molar-refractivity contribution in [1.29, 1.82) is 0 Å². The standard InChI is InChI=1S/C30H43N5O6S/c1-7-27(30(38)32-16-19(2)3)31-17-24-11-21-9-8-10-26(12-21)41-18-20(4)33-28(36)22-13-23(29(37)34-24)15-25(14-22)35(5)42(6,39)40/h8-10,12-15,19-20,24,27,31H,7,11,16-18H2,1-6H3,(H,32,38)(H,33,36)(H,34,37)/t20-,24?,27?/m0/s1. The number of hydrogen-bond acceptors (Lipinski definition) is 7. The zero-order valence-corrected chi connectivity index (χ0v) is 26.0. The fourth-order valence-electron chi connectivity index (χ4n) is 4.44. The van der Waals surface area contributed by atoms with Gasteiger partial charge in [-0.3, -0.25) is 18.7 Å². The minimum Gasteiger partial charge on any atom is -0.491 e. The molecule has 0 aromatic heterocycles. The van der Waals surface area contributed by atoms with Crippen molar-refractivity contribution in [2.75, 3.05) is 37.3 Å². The highest BCUT2D eigenvalue weighted by Gasteiger charge is 2.23. The molecular weight excluding hydrogens is 558 g/mol. The van der Waals surface area contributed by atoms with E-state index in [1.807, 2.05) is 45.0 Å². The van der Waals surface area contributed by atoms with E-state index in [9.17, 15) is 22.8 Å². The Labute approximate surface area is 248 Å². The smallest absolute Gasteiger partial charge is 0.251 e. The topological polar surface area (TPSA) is 146 Å². The maximum Gasteiger partial charge on any atom is 0.251 e. The SMILES string of the molecule is CCC(NCC1Cc2cccc(c2)OC[C@H](C)NC(=O)c2cc(cc(N(C)S(C)(=O)=O)c2)C(=O)N1)C(=O)NCC(C)C. The van der Waals surface area contributed by atoms with Gasteiger partial charge in [-0.15, -0.1) is 0 Å². The van der Waals surface area contributed by atoms with E-state index in [0.717, 1.165) is 16.1 Å². The first kappa shape index (κ1) is 32.9. The molecule has 3 amide bonds. The first-order valence-electron chi connectivity index (χ1n) is 14.2. The number of amides is 3. The summed E-state index contributed by atoms with van der Waals surface area (Å²) in [5.41, 5.74) is 1.36. The van der Waals surface area contributed by atoms with Gasteiger partial charge < -0.3 is 26.0 Å². The third-order valence-corrected chi connectivity index (χ3v) is 8.12. The van der Waals surface area contributed by atoms with Crippen LogP contribution in [-0.4, -0.2) is 77.3 Å². The summed E-state index contributed by atoms with van der Waals surface area (Å²) in [6.07, 6.45) is 2.04. The van der Waals surface area contributed by atoms with Crippen LogP contribution in [0.1, 0.15) is 60.4 Å². The fourth-order valence-corrected chi connectivity index (χ4v) is 4.93. The Morgan fingerprint density at radius 1 is 1.10 bits per heavy atom. The molecule has 1 heterocycles. The molecule has 1 aliphatic rings. The predicted octanol–water partition coefficient (Wildman–Crippen LogP) is 2.07. The first-order valence-corrected chi connectivity index (χ1v) is 16.0. The quantitative estimate of drug-likeness (QED) is 0.344. The predicted molar refractivity (Wildman–Crippen MR) is 163 cm³/mol. The molecule has 0 fully saturated rings. The van der Waals surface area contributed by atoms with Gasteiger partial charge in [-0.1, -0.05) is 32.9 Å². The molecule has 4 N–H and O–H groups in total. The number of fused-ring (bicyclic) bond motifs is 4. The van der Waals surface area contributed by atoms with Crippen LogP contribution in [0.25, 0.3) is 0 Å². The minimum absolute atomic E-state index is 0.105. The van der Waals surface area contributed by atoms with Crippen molar-refractivity contribution in [3.63, 3.8) is 0 Å². The van der Waals surface area contributed by atoms with Gasteiger partial charge in [0, 0.05) is 37.3 Å². The van der Waals surface area contributed by atoms with Crippen molar-refractivity contribution in [2.24, 2.45) is 5.92 Å². The summed E-state index contributed by atoms with van der Waals surface area (Å²) >= 11 is 0. The van der Waals surface area contributed by atoms with E-state index in [-0.39, 0.29) is 41.9 Å². The van der Waals surface area contributed by atoms with Crippen LogP contribution in [0, 0.1) is 5.92 Å². The number of benzene rings is 2. The van der Waals surface area contributed by atoms with Gasteiger partial charge in [0.25, 0.3) is 11.8 Å². The molecule has 230 valence electrons. The number of carbonyl (C=O) groups excluding carboxylic acids is 3. The Morgan fingerprint density at radius 3 is 2.38 bits per heavy atom. The molecule has 4 bridgehead atoms. The largest absolute Gasteiger partial charge is 0.491 e.